The van der Waals surface area contributed by atoms with Crippen molar-refractivity contribution in [2.75, 3.05) is 36.0 Å². The lowest BCUT2D eigenvalue weighted by Crippen LogP contribution is -2.48. The van der Waals surface area contributed by atoms with Gasteiger partial charge in [-0.3, -0.25) is 14.3 Å². The summed E-state index contributed by atoms with van der Waals surface area (Å²) in [5.41, 5.74) is 2.78. The van der Waals surface area contributed by atoms with Gasteiger partial charge in [0.2, 0.25) is 5.95 Å². The molecule has 6 nitrogen and oxygen atoms in total. The van der Waals surface area contributed by atoms with Crippen LogP contribution in [0.1, 0.15) is 0 Å². The molecular formula is C20H21N5O. The Morgan fingerprint density at radius 3 is 2.23 bits per heavy atom. The molecule has 1 aromatic carbocycles. The van der Waals surface area contributed by atoms with Gasteiger partial charge in [0.15, 0.2) is 0 Å². The maximum Gasteiger partial charge on any atom is 0.255 e. The lowest BCUT2D eigenvalue weighted by atomic mass is 10.2. The van der Waals surface area contributed by atoms with Crippen molar-refractivity contribution >= 4 is 11.6 Å². The van der Waals surface area contributed by atoms with Crippen LogP contribution in [0.5, 0.6) is 0 Å². The van der Waals surface area contributed by atoms with E-state index in [1.165, 1.54) is 5.69 Å². The molecular weight excluding hydrogens is 326 g/mol. The van der Waals surface area contributed by atoms with E-state index < -0.39 is 0 Å². The third kappa shape index (κ3) is 3.18. The zero-order chi connectivity index (χ0) is 17.9. The van der Waals surface area contributed by atoms with Gasteiger partial charge in [-0.1, -0.05) is 18.2 Å². The number of rotatable bonds is 3. The normalized spacial score (nSPS) is 14.5. The second-order valence-corrected chi connectivity index (χ2v) is 6.38. The number of anilines is 2. The van der Waals surface area contributed by atoms with Crippen LogP contribution < -0.4 is 15.4 Å². The average molecular weight is 347 g/mol. The predicted molar refractivity (Wildman–Crippen MR) is 104 cm³/mol. The van der Waals surface area contributed by atoms with Crippen LogP contribution in [0.4, 0.5) is 11.6 Å². The number of pyridine rings is 1. The molecule has 0 radical (unpaired) electrons. The van der Waals surface area contributed by atoms with E-state index in [0.717, 1.165) is 37.7 Å². The number of hydrogen-bond acceptors (Lipinski definition) is 5. The van der Waals surface area contributed by atoms with Gasteiger partial charge < -0.3 is 9.80 Å². The molecule has 3 aromatic rings. The third-order valence-electron chi connectivity index (χ3n) is 4.77. The summed E-state index contributed by atoms with van der Waals surface area (Å²) in [5.74, 6) is 0.719. The summed E-state index contributed by atoms with van der Waals surface area (Å²) in [6, 6.07) is 15.7. The van der Waals surface area contributed by atoms with E-state index in [-0.39, 0.29) is 5.56 Å². The highest BCUT2D eigenvalue weighted by molar-refractivity contribution is 5.59. The smallest absolute Gasteiger partial charge is 0.255 e. The molecule has 0 aliphatic carbocycles. The first-order chi connectivity index (χ1) is 12.7. The van der Waals surface area contributed by atoms with Crippen LogP contribution >= 0.6 is 0 Å². The van der Waals surface area contributed by atoms with Gasteiger partial charge in [-0.15, -0.1) is 0 Å². The zero-order valence-electron chi connectivity index (χ0n) is 14.7. The fourth-order valence-corrected chi connectivity index (χ4v) is 3.28. The Morgan fingerprint density at radius 1 is 0.885 bits per heavy atom. The Kier molecular flexibility index (Phi) is 4.39. The van der Waals surface area contributed by atoms with Crippen LogP contribution in [0, 0.1) is 0 Å². The van der Waals surface area contributed by atoms with E-state index in [0.29, 0.717) is 5.69 Å². The van der Waals surface area contributed by atoms with Crippen LogP contribution in [0.2, 0.25) is 0 Å². The summed E-state index contributed by atoms with van der Waals surface area (Å²) in [6.07, 6.45) is 3.43. The van der Waals surface area contributed by atoms with Gasteiger partial charge in [0.1, 0.15) is 0 Å². The van der Waals surface area contributed by atoms with Crippen LogP contribution in [-0.2, 0) is 7.05 Å². The minimum Gasteiger partial charge on any atom is -0.368 e. The van der Waals surface area contributed by atoms with E-state index >= 15 is 0 Å². The second-order valence-electron chi connectivity index (χ2n) is 6.38. The Labute approximate surface area is 152 Å². The van der Waals surface area contributed by atoms with Crippen LogP contribution in [-0.4, -0.2) is 40.7 Å². The van der Waals surface area contributed by atoms with Gasteiger partial charge in [0, 0.05) is 62.9 Å². The van der Waals surface area contributed by atoms with Crippen molar-refractivity contribution in [2.24, 2.45) is 7.05 Å². The average Bonchev–Trinajstić information content (AvgIpc) is 2.71. The molecule has 0 saturated carbocycles. The van der Waals surface area contributed by atoms with Crippen LogP contribution in [0.3, 0.4) is 0 Å². The molecule has 1 aliphatic rings. The number of piperazine rings is 1. The molecule has 1 aliphatic heterocycles. The first-order valence-corrected chi connectivity index (χ1v) is 8.76. The highest BCUT2D eigenvalue weighted by Crippen LogP contribution is 2.21. The summed E-state index contributed by atoms with van der Waals surface area (Å²) in [7, 11) is 1.78. The SMILES string of the molecule is Cn1c(N2CCN(c3ccccc3)CC2)nc(-c2ccncc2)cc1=O. The molecule has 0 atom stereocenters. The highest BCUT2D eigenvalue weighted by Gasteiger charge is 2.21. The minimum atomic E-state index is -0.0488. The van der Waals surface area contributed by atoms with Crippen molar-refractivity contribution in [3.8, 4) is 11.3 Å². The van der Waals surface area contributed by atoms with Crippen molar-refractivity contribution in [3.63, 3.8) is 0 Å². The number of aromatic nitrogens is 3. The molecule has 132 valence electrons. The molecule has 26 heavy (non-hydrogen) atoms. The summed E-state index contributed by atoms with van der Waals surface area (Å²) in [4.78, 5) is 25.8. The fourth-order valence-electron chi connectivity index (χ4n) is 3.28. The van der Waals surface area contributed by atoms with E-state index in [2.05, 4.69) is 39.0 Å². The summed E-state index contributed by atoms with van der Waals surface area (Å²) in [6.45, 7) is 3.46. The monoisotopic (exact) mass is 347 g/mol. The zero-order valence-corrected chi connectivity index (χ0v) is 14.7. The van der Waals surface area contributed by atoms with Crippen LogP contribution in [0.15, 0.2) is 65.7 Å². The van der Waals surface area contributed by atoms with Gasteiger partial charge >= 0.3 is 0 Å². The number of hydrogen-bond donors (Lipinski definition) is 0. The molecule has 1 fully saturated rings. The van der Waals surface area contributed by atoms with E-state index in [1.54, 1.807) is 30.1 Å². The van der Waals surface area contributed by atoms with Crippen molar-refractivity contribution in [1.82, 2.24) is 14.5 Å². The molecule has 2 aromatic heterocycles. The van der Waals surface area contributed by atoms with Gasteiger partial charge in [-0.05, 0) is 24.3 Å². The fraction of sp³-hybridized carbons (Fsp3) is 0.250. The quantitative estimate of drug-likeness (QED) is 0.727. The largest absolute Gasteiger partial charge is 0.368 e. The molecule has 1 saturated heterocycles. The molecule has 6 heteroatoms. The van der Waals surface area contributed by atoms with Crippen molar-refractivity contribution in [1.29, 1.82) is 0 Å². The van der Waals surface area contributed by atoms with E-state index in [9.17, 15) is 4.79 Å². The lowest BCUT2D eigenvalue weighted by molar-refractivity contribution is 0.621. The maximum absolute atomic E-state index is 12.4. The molecule has 3 heterocycles. The van der Waals surface area contributed by atoms with E-state index in [4.69, 9.17) is 4.98 Å². The maximum atomic E-state index is 12.4. The number of benzene rings is 1. The van der Waals surface area contributed by atoms with Crippen molar-refractivity contribution in [2.45, 2.75) is 0 Å². The van der Waals surface area contributed by atoms with Gasteiger partial charge in [0.05, 0.1) is 5.69 Å². The summed E-state index contributed by atoms with van der Waals surface area (Å²) >= 11 is 0. The van der Waals surface area contributed by atoms with Crippen LogP contribution in [0.25, 0.3) is 11.3 Å². The summed E-state index contributed by atoms with van der Waals surface area (Å²) in [5, 5.41) is 0. The molecule has 0 unspecified atom stereocenters. The molecule has 0 bridgehead atoms. The molecule has 4 rings (SSSR count). The molecule has 0 spiro atoms. The highest BCUT2D eigenvalue weighted by atomic mass is 16.1. The Hall–Kier alpha value is -3.15. The standard InChI is InChI=1S/C20H21N5O/c1-23-19(26)15-18(16-7-9-21-10-8-16)22-20(23)25-13-11-24(12-14-25)17-5-3-2-4-6-17/h2-10,15H,11-14H2,1H3. The Balaban J connectivity index is 1.59. The summed E-state index contributed by atoms with van der Waals surface area (Å²) < 4.78 is 1.63. The van der Waals surface area contributed by atoms with Crippen molar-refractivity contribution < 1.29 is 0 Å². The molecule has 0 N–H and O–H groups in total. The van der Waals surface area contributed by atoms with Gasteiger partial charge in [0.25, 0.3) is 5.56 Å². The first-order valence-electron chi connectivity index (χ1n) is 8.76. The first kappa shape index (κ1) is 16.3. The second kappa shape index (κ2) is 7.00. The molecule has 0 amide bonds. The predicted octanol–water partition coefficient (Wildman–Crippen LogP) is 2.17. The number of para-hydroxylation sites is 1. The topological polar surface area (TPSA) is 54.3 Å². The Bertz CT molecular complexity index is 931. The Morgan fingerprint density at radius 2 is 1.54 bits per heavy atom. The third-order valence-corrected chi connectivity index (χ3v) is 4.77. The van der Waals surface area contributed by atoms with Gasteiger partial charge in [-0.25, -0.2) is 4.98 Å². The van der Waals surface area contributed by atoms with Gasteiger partial charge in [-0.2, -0.15) is 0 Å². The number of nitrogens with zero attached hydrogens (tertiary/aromatic N) is 5. The van der Waals surface area contributed by atoms with E-state index in [1.807, 2.05) is 18.2 Å². The minimum absolute atomic E-state index is 0.0488. The van der Waals surface area contributed by atoms with Crippen molar-refractivity contribution in [3.05, 3.63) is 71.3 Å². The lowest BCUT2D eigenvalue weighted by Gasteiger charge is -2.37.